The van der Waals surface area contributed by atoms with Crippen molar-refractivity contribution in [3.63, 3.8) is 0 Å². The Labute approximate surface area is 226 Å². The zero-order chi connectivity index (χ0) is 27.7. The average molecular weight is 551 g/mol. The van der Waals surface area contributed by atoms with Crippen molar-refractivity contribution in [2.75, 3.05) is 12.3 Å². The number of hydrogen-bond acceptors (Lipinski definition) is 8. The standard InChI is InChI=1S/C27H25F3N8O2/c28-27(29,30)40-21-8-17-6-18(9-21)15-39-20-3-1-2-16(7-20)13-38-14-19(12-33-38)22(4-5-32-11-17)23-10-24(31)34-26-25(23)35-37-36-26/h1-3,6-10,12,14,22,32H,4-5,11,13,15H2,(H3,31,34,35,36,37). The van der Waals surface area contributed by atoms with Crippen LogP contribution in [0.4, 0.5) is 19.0 Å². The monoisotopic (exact) mass is 550 g/mol. The number of H-pyrrole nitrogens is 1. The molecule has 13 heteroatoms. The van der Waals surface area contributed by atoms with Gasteiger partial charge in [0.2, 0.25) is 5.65 Å². The summed E-state index contributed by atoms with van der Waals surface area (Å²) in [5, 5.41) is 19.0. The highest BCUT2D eigenvalue weighted by atomic mass is 19.4. The Kier molecular flexibility index (Phi) is 6.72. The molecule has 0 aliphatic carbocycles. The van der Waals surface area contributed by atoms with E-state index in [1.807, 2.05) is 35.3 Å². The maximum atomic E-state index is 13.0. The molecule has 4 heterocycles. The number of anilines is 1. The van der Waals surface area contributed by atoms with Crippen LogP contribution >= 0.6 is 0 Å². The normalized spacial score (nSPS) is 16.3. The number of nitrogens with two attached hydrogens (primary N) is 1. The molecule has 6 bridgehead atoms. The second kappa shape index (κ2) is 10.5. The van der Waals surface area contributed by atoms with E-state index in [9.17, 15) is 13.2 Å². The average Bonchev–Trinajstić information content (AvgIpc) is 3.55. The van der Waals surface area contributed by atoms with Crippen LogP contribution in [0.2, 0.25) is 0 Å². The van der Waals surface area contributed by atoms with Crippen molar-refractivity contribution >= 4 is 17.0 Å². The molecule has 206 valence electrons. The SMILES string of the molecule is Nc1cc(C2CCNCc3cc(cc(OC(F)(F)F)c3)COc3cccc(c3)Cn3cc2cn3)c2n[nH]nc2n1. The second-order valence-electron chi connectivity index (χ2n) is 9.59. The Hall–Kier alpha value is -4.65. The van der Waals surface area contributed by atoms with Gasteiger partial charge in [-0.1, -0.05) is 18.2 Å². The molecule has 0 saturated heterocycles. The van der Waals surface area contributed by atoms with E-state index in [1.165, 1.54) is 12.1 Å². The van der Waals surface area contributed by atoms with E-state index in [0.717, 1.165) is 16.7 Å². The molecule has 0 saturated carbocycles. The number of aromatic nitrogens is 6. The number of pyridine rings is 1. The lowest BCUT2D eigenvalue weighted by Crippen LogP contribution is -2.19. The van der Waals surface area contributed by atoms with Crippen molar-refractivity contribution in [1.29, 1.82) is 0 Å². The fourth-order valence-electron chi connectivity index (χ4n) is 4.97. The van der Waals surface area contributed by atoms with Gasteiger partial charge in [0.15, 0.2) is 0 Å². The van der Waals surface area contributed by atoms with Gasteiger partial charge >= 0.3 is 6.36 Å². The smallest absolute Gasteiger partial charge is 0.489 e. The third kappa shape index (κ3) is 5.83. The van der Waals surface area contributed by atoms with Crippen LogP contribution in [0.3, 0.4) is 0 Å². The van der Waals surface area contributed by atoms with Crippen LogP contribution in [0.1, 0.15) is 40.2 Å². The van der Waals surface area contributed by atoms with Crippen molar-refractivity contribution in [3.05, 3.63) is 88.7 Å². The first-order valence-electron chi connectivity index (χ1n) is 12.6. The fraction of sp³-hybridized carbons (Fsp3) is 0.259. The van der Waals surface area contributed by atoms with Crippen molar-refractivity contribution in [2.45, 2.75) is 38.4 Å². The van der Waals surface area contributed by atoms with E-state index in [1.54, 1.807) is 18.2 Å². The van der Waals surface area contributed by atoms with Gasteiger partial charge < -0.3 is 20.5 Å². The van der Waals surface area contributed by atoms with Gasteiger partial charge in [0.1, 0.15) is 29.4 Å². The molecule has 1 atom stereocenters. The Bertz CT molecular complexity index is 1650. The van der Waals surface area contributed by atoms with Gasteiger partial charge in [0.25, 0.3) is 0 Å². The molecule has 1 unspecified atom stereocenters. The topological polar surface area (TPSA) is 129 Å². The summed E-state index contributed by atoms with van der Waals surface area (Å²) in [5.74, 6) is 0.475. The molecule has 5 aromatic rings. The summed E-state index contributed by atoms with van der Waals surface area (Å²) in [6.07, 6.45) is -0.366. The molecule has 0 spiro atoms. The molecule has 0 amide bonds. The highest BCUT2D eigenvalue weighted by Crippen LogP contribution is 2.33. The summed E-state index contributed by atoms with van der Waals surface area (Å²) >= 11 is 0. The van der Waals surface area contributed by atoms with Gasteiger partial charge in [-0.3, -0.25) is 4.68 Å². The summed E-state index contributed by atoms with van der Waals surface area (Å²) in [6, 6.07) is 13.8. The minimum absolute atomic E-state index is 0.0800. The number of rotatable bonds is 2. The van der Waals surface area contributed by atoms with Crippen LogP contribution in [-0.4, -0.2) is 43.1 Å². The first-order chi connectivity index (χ1) is 19.3. The zero-order valence-electron chi connectivity index (χ0n) is 21.2. The van der Waals surface area contributed by atoms with Crippen LogP contribution in [0, 0.1) is 0 Å². The quantitative estimate of drug-likeness (QED) is 0.297. The zero-order valence-corrected chi connectivity index (χ0v) is 21.2. The van der Waals surface area contributed by atoms with Crippen molar-refractivity contribution < 1.29 is 22.6 Å². The Morgan fingerprint density at radius 2 is 1.93 bits per heavy atom. The number of halogens is 3. The minimum Gasteiger partial charge on any atom is -0.489 e. The van der Waals surface area contributed by atoms with E-state index in [0.29, 0.717) is 59.9 Å². The molecule has 4 N–H and O–H groups in total. The molecule has 0 fully saturated rings. The Morgan fingerprint density at radius 1 is 1.05 bits per heavy atom. The maximum Gasteiger partial charge on any atom is 0.573 e. The maximum absolute atomic E-state index is 13.0. The van der Waals surface area contributed by atoms with Crippen LogP contribution in [0.5, 0.6) is 11.5 Å². The second-order valence-corrected chi connectivity index (χ2v) is 9.59. The molecular formula is C27H25F3N8O2. The summed E-state index contributed by atoms with van der Waals surface area (Å²) in [4.78, 5) is 4.26. The lowest BCUT2D eigenvalue weighted by molar-refractivity contribution is -0.274. The number of benzene rings is 2. The summed E-state index contributed by atoms with van der Waals surface area (Å²) in [5.41, 5.74) is 11.1. The van der Waals surface area contributed by atoms with Crippen molar-refractivity contribution in [2.24, 2.45) is 0 Å². The summed E-state index contributed by atoms with van der Waals surface area (Å²) < 4.78 is 51.1. The number of nitrogens with one attached hydrogen (secondary N) is 2. The predicted molar refractivity (Wildman–Crippen MR) is 139 cm³/mol. The largest absolute Gasteiger partial charge is 0.573 e. The lowest BCUT2D eigenvalue weighted by Gasteiger charge is -2.18. The number of fused-ring (bicyclic) bond motifs is 7. The van der Waals surface area contributed by atoms with Crippen molar-refractivity contribution in [1.82, 2.24) is 35.5 Å². The molecule has 10 nitrogen and oxygen atoms in total. The van der Waals surface area contributed by atoms with E-state index in [4.69, 9.17) is 10.5 Å². The number of hydrogen-bond donors (Lipinski definition) is 3. The third-order valence-corrected chi connectivity index (χ3v) is 6.62. The van der Waals surface area contributed by atoms with Crippen LogP contribution < -0.4 is 20.5 Å². The summed E-state index contributed by atoms with van der Waals surface area (Å²) in [7, 11) is 0. The highest BCUT2D eigenvalue weighted by molar-refractivity contribution is 5.77. The number of aromatic amines is 1. The number of alkyl halides is 3. The van der Waals surface area contributed by atoms with Gasteiger partial charge in [-0.25, -0.2) is 4.98 Å². The van der Waals surface area contributed by atoms with Crippen LogP contribution in [-0.2, 0) is 19.7 Å². The predicted octanol–water partition coefficient (Wildman–Crippen LogP) is 4.28. The molecule has 0 radical (unpaired) electrons. The van der Waals surface area contributed by atoms with Crippen LogP contribution in [0.15, 0.2) is 60.9 Å². The van der Waals surface area contributed by atoms with E-state index in [2.05, 4.69) is 35.5 Å². The molecule has 40 heavy (non-hydrogen) atoms. The van der Waals surface area contributed by atoms with Gasteiger partial charge in [-0.05, 0) is 71.1 Å². The van der Waals surface area contributed by atoms with Gasteiger partial charge in [0, 0.05) is 18.7 Å². The van der Waals surface area contributed by atoms with Gasteiger partial charge in [0.05, 0.1) is 12.7 Å². The molecule has 1 aliphatic rings. The minimum atomic E-state index is -4.80. The lowest BCUT2D eigenvalue weighted by atomic mass is 9.90. The Morgan fingerprint density at radius 3 is 2.80 bits per heavy atom. The molecular weight excluding hydrogens is 525 g/mol. The molecule has 2 aromatic carbocycles. The third-order valence-electron chi connectivity index (χ3n) is 6.62. The van der Waals surface area contributed by atoms with Gasteiger partial charge in [-0.2, -0.15) is 15.4 Å². The first-order valence-corrected chi connectivity index (χ1v) is 12.6. The van der Waals surface area contributed by atoms with E-state index < -0.39 is 6.36 Å². The fourth-order valence-corrected chi connectivity index (χ4v) is 4.97. The Balaban J connectivity index is 1.37. The van der Waals surface area contributed by atoms with E-state index in [-0.39, 0.29) is 18.3 Å². The van der Waals surface area contributed by atoms with Crippen molar-refractivity contribution in [3.8, 4) is 11.5 Å². The molecule has 6 rings (SSSR count). The summed E-state index contributed by atoms with van der Waals surface area (Å²) in [6.45, 7) is 1.44. The van der Waals surface area contributed by atoms with Gasteiger partial charge in [-0.15, -0.1) is 18.3 Å². The van der Waals surface area contributed by atoms with Crippen LogP contribution in [0.25, 0.3) is 11.2 Å². The number of ether oxygens (including phenoxy) is 2. The molecule has 1 aliphatic heterocycles. The van der Waals surface area contributed by atoms with E-state index >= 15 is 0 Å². The molecule has 3 aromatic heterocycles. The highest BCUT2D eigenvalue weighted by Gasteiger charge is 2.31. The first kappa shape index (κ1) is 25.6. The number of nitrogen functional groups attached to an aromatic ring is 1. The number of nitrogens with zero attached hydrogens (tertiary/aromatic N) is 5.